The quantitative estimate of drug-likeness (QED) is 0.656. The standard InChI is InChI=1S/C16H20N6OS/c1-4-13(10-22-12-17-11-18-22)21(7-1)8-2-6-15-19-16(20-23-15)14-5-3-9-24-14/h3,5,9,11-13H,1-2,4,6-8,10H2/t13-/m1/s1. The van der Waals surface area contributed by atoms with Gasteiger partial charge in [-0.05, 0) is 43.8 Å². The number of hydrogen-bond acceptors (Lipinski definition) is 7. The molecule has 7 nitrogen and oxygen atoms in total. The Morgan fingerprint density at radius 2 is 2.38 bits per heavy atom. The highest BCUT2D eigenvalue weighted by atomic mass is 32.1. The summed E-state index contributed by atoms with van der Waals surface area (Å²) in [7, 11) is 0. The first-order chi connectivity index (χ1) is 11.9. The molecule has 4 heterocycles. The molecule has 1 saturated heterocycles. The molecule has 0 bridgehead atoms. The van der Waals surface area contributed by atoms with Crippen LogP contribution in [0.15, 0.2) is 34.7 Å². The van der Waals surface area contributed by atoms with Crippen molar-refractivity contribution in [1.29, 1.82) is 0 Å². The maximum Gasteiger partial charge on any atom is 0.227 e. The second-order valence-electron chi connectivity index (χ2n) is 6.04. The highest BCUT2D eigenvalue weighted by Crippen LogP contribution is 2.22. The Morgan fingerprint density at radius 1 is 1.38 bits per heavy atom. The van der Waals surface area contributed by atoms with Gasteiger partial charge in [0.05, 0.1) is 11.4 Å². The van der Waals surface area contributed by atoms with Crippen LogP contribution in [0.1, 0.15) is 25.2 Å². The third-order valence-corrected chi connectivity index (χ3v) is 5.27. The van der Waals surface area contributed by atoms with Gasteiger partial charge in [0.25, 0.3) is 0 Å². The van der Waals surface area contributed by atoms with E-state index >= 15 is 0 Å². The molecule has 3 aromatic heterocycles. The molecule has 0 spiro atoms. The van der Waals surface area contributed by atoms with Crippen LogP contribution in [0.5, 0.6) is 0 Å². The summed E-state index contributed by atoms with van der Waals surface area (Å²) in [5, 5.41) is 10.3. The molecule has 1 aliphatic rings. The van der Waals surface area contributed by atoms with Crippen LogP contribution in [0.25, 0.3) is 10.7 Å². The molecule has 126 valence electrons. The summed E-state index contributed by atoms with van der Waals surface area (Å²) >= 11 is 1.63. The minimum Gasteiger partial charge on any atom is -0.339 e. The van der Waals surface area contributed by atoms with Crippen LogP contribution in [0, 0.1) is 0 Å². The molecule has 1 atom stereocenters. The van der Waals surface area contributed by atoms with Gasteiger partial charge < -0.3 is 4.52 Å². The number of likely N-dealkylation sites (tertiary alicyclic amines) is 1. The Bertz CT molecular complexity index is 739. The molecule has 0 aromatic carbocycles. The first kappa shape index (κ1) is 15.5. The topological polar surface area (TPSA) is 72.9 Å². The molecule has 3 aromatic rings. The predicted octanol–water partition coefficient (Wildman–Crippen LogP) is 2.49. The lowest BCUT2D eigenvalue weighted by Crippen LogP contribution is -2.34. The Hall–Kier alpha value is -2.06. The van der Waals surface area contributed by atoms with Crippen LogP contribution in [-0.4, -0.2) is 48.9 Å². The van der Waals surface area contributed by atoms with Gasteiger partial charge in [-0.25, -0.2) is 4.98 Å². The van der Waals surface area contributed by atoms with Crippen molar-refractivity contribution in [2.24, 2.45) is 0 Å². The van der Waals surface area contributed by atoms with Gasteiger partial charge in [-0.1, -0.05) is 11.2 Å². The molecule has 4 rings (SSSR count). The van der Waals surface area contributed by atoms with Crippen molar-refractivity contribution in [2.45, 2.75) is 38.3 Å². The van der Waals surface area contributed by atoms with E-state index < -0.39 is 0 Å². The van der Waals surface area contributed by atoms with Crippen molar-refractivity contribution < 1.29 is 4.52 Å². The second-order valence-corrected chi connectivity index (χ2v) is 6.99. The normalized spacial score (nSPS) is 18.4. The van der Waals surface area contributed by atoms with E-state index in [9.17, 15) is 0 Å². The van der Waals surface area contributed by atoms with Gasteiger partial charge in [0.2, 0.25) is 11.7 Å². The van der Waals surface area contributed by atoms with E-state index in [-0.39, 0.29) is 0 Å². The third kappa shape index (κ3) is 3.54. The number of rotatable bonds is 7. The van der Waals surface area contributed by atoms with E-state index in [0.29, 0.717) is 11.9 Å². The largest absolute Gasteiger partial charge is 0.339 e. The number of hydrogen-bond donors (Lipinski definition) is 0. The summed E-state index contributed by atoms with van der Waals surface area (Å²) in [6, 6.07) is 4.56. The summed E-state index contributed by atoms with van der Waals surface area (Å²) in [6.45, 7) is 3.13. The fourth-order valence-electron chi connectivity index (χ4n) is 3.23. The van der Waals surface area contributed by atoms with Gasteiger partial charge in [0.1, 0.15) is 12.7 Å². The van der Waals surface area contributed by atoms with Crippen molar-refractivity contribution in [3.05, 3.63) is 36.1 Å². The van der Waals surface area contributed by atoms with Crippen molar-refractivity contribution in [2.75, 3.05) is 13.1 Å². The number of nitrogens with zero attached hydrogens (tertiary/aromatic N) is 6. The number of aromatic nitrogens is 5. The molecule has 0 amide bonds. The molecule has 1 fully saturated rings. The van der Waals surface area contributed by atoms with E-state index in [4.69, 9.17) is 4.52 Å². The molecule has 0 unspecified atom stereocenters. The molecule has 0 saturated carbocycles. The summed E-state index contributed by atoms with van der Waals surface area (Å²) < 4.78 is 7.29. The highest BCUT2D eigenvalue weighted by Gasteiger charge is 2.24. The zero-order valence-corrected chi connectivity index (χ0v) is 14.2. The zero-order valence-electron chi connectivity index (χ0n) is 13.4. The third-order valence-electron chi connectivity index (χ3n) is 4.41. The maximum absolute atomic E-state index is 5.37. The Morgan fingerprint density at radius 3 is 3.21 bits per heavy atom. The summed E-state index contributed by atoms with van der Waals surface area (Å²) in [5.74, 6) is 1.43. The van der Waals surface area contributed by atoms with Gasteiger partial charge in [-0.3, -0.25) is 9.58 Å². The lowest BCUT2D eigenvalue weighted by atomic mass is 10.2. The Balaban J connectivity index is 1.27. The van der Waals surface area contributed by atoms with E-state index in [1.165, 1.54) is 12.8 Å². The number of thiophene rings is 1. The van der Waals surface area contributed by atoms with Crippen molar-refractivity contribution >= 4 is 11.3 Å². The van der Waals surface area contributed by atoms with Gasteiger partial charge in [0.15, 0.2) is 0 Å². The minimum atomic E-state index is 0.552. The fraction of sp³-hybridized carbons (Fsp3) is 0.500. The summed E-state index contributed by atoms with van der Waals surface area (Å²) in [6.07, 6.45) is 7.72. The van der Waals surface area contributed by atoms with Crippen molar-refractivity contribution in [1.82, 2.24) is 29.8 Å². The molecular weight excluding hydrogens is 324 g/mol. The van der Waals surface area contributed by atoms with Crippen molar-refractivity contribution in [3.8, 4) is 10.7 Å². The lowest BCUT2D eigenvalue weighted by Gasteiger charge is -2.23. The van der Waals surface area contributed by atoms with Crippen LogP contribution in [-0.2, 0) is 13.0 Å². The van der Waals surface area contributed by atoms with Crippen LogP contribution in [0.2, 0.25) is 0 Å². The van der Waals surface area contributed by atoms with Gasteiger partial charge >= 0.3 is 0 Å². The molecule has 24 heavy (non-hydrogen) atoms. The molecule has 0 radical (unpaired) electrons. The molecule has 0 N–H and O–H groups in total. The van der Waals surface area contributed by atoms with E-state index in [1.54, 1.807) is 24.0 Å². The Labute approximate surface area is 144 Å². The van der Waals surface area contributed by atoms with Crippen LogP contribution >= 0.6 is 11.3 Å². The predicted molar refractivity (Wildman–Crippen MR) is 90.5 cm³/mol. The molecule has 0 aliphatic carbocycles. The van der Waals surface area contributed by atoms with Crippen molar-refractivity contribution in [3.63, 3.8) is 0 Å². The fourth-order valence-corrected chi connectivity index (χ4v) is 3.88. The molecule has 1 aliphatic heterocycles. The summed E-state index contributed by atoms with van der Waals surface area (Å²) in [4.78, 5) is 12.1. The SMILES string of the molecule is c1csc(-c2noc(CCCN3CCC[C@@H]3Cn3cncn3)n2)c1. The van der Waals surface area contributed by atoms with Gasteiger partial charge in [-0.2, -0.15) is 10.1 Å². The van der Waals surface area contributed by atoms with E-state index in [0.717, 1.165) is 43.2 Å². The lowest BCUT2D eigenvalue weighted by molar-refractivity contribution is 0.222. The number of aryl methyl sites for hydroxylation is 1. The van der Waals surface area contributed by atoms with Crippen LogP contribution in [0.3, 0.4) is 0 Å². The van der Waals surface area contributed by atoms with Crippen LogP contribution < -0.4 is 0 Å². The van der Waals surface area contributed by atoms with Gasteiger partial charge in [0, 0.05) is 12.5 Å². The van der Waals surface area contributed by atoms with Gasteiger partial charge in [-0.15, -0.1) is 11.3 Å². The monoisotopic (exact) mass is 344 g/mol. The van der Waals surface area contributed by atoms with E-state index in [2.05, 4.69) is 25.1 Å². The highest BCUT2D eigenvalue weighted by molar-refractivity contribution is 7.13. The minimum absolute atomic E-state index is 0.552. The molecule has 8 heteroatoms. The second kappa shape index (κ2) is 7.23. The maximum atomic E-state index is 5.37. The first-order valence-corrected chi connectivity index (χ1v) is 9.19. The van der Waals surface area contributed by atoms with E-state index in [1.807, 2.05) is 22.2 Å². The first-order valence-electron chi connectivity index (χ1n) is 8.31. The smallest absolute Gasteiger partial charge is 0.227 e. The average molecular weight is 344 g/mol. The van der Waals surface area contributed by atoms with Crippen LogP contribution in [0.4, 0.5) is 0 Å². The summed E-state index contributed by atoms with van der Waals surface area (Å²) in [5.41, 5.74) is 0. The Kier molecular flexibility index (Phi) is 4.66. The average Bonchev–Trinajstić information content (AvgIpc) is 3.37. The molecular formula is C16H20N6OS. The zero-order chi connectivity index (χ0) is 16.2.